The van der Waals surface area contributed by atoms with Gasteiger partial charge in [0.1, 0.15) is 0 Å². The Morgan fingerprint density at radius 3 is 2.42 bits per heavy atom. The fourth-order valence-corrected chi connectivity index (χ4v) is 4.37. The summed E-state index contributed by atoms with van der Waals surface area (Å²) in [5, 5.41) is 0. The molecule has 0 radical (unpaired) electrons. The first kappa shape index (κ1) is 16.6. The van der Waals surface area contributed by atoms with Crippen LogP contribution in [0.3, 0.4) is 0 Å². The molecule has 1 saturated carbocycles. The molecule has 0 aromatic carbocycles. The van der Waals surface area contributed by atoms with Crippen LogP contribution in [0.15, 0.2) is 23.8 Å². The van der Waals surface area contributed by atoms with Gasteiger partial charge in [0, 0.05) is 5.57 Å². The van der Waals surface area contributed by atoms with Gasteiger partial charge in [-0.2, -0.15) is 0 Å². The van der Waals surface area contributed by atoms with E-state index in [0.29, 0.717) is 5.78 Å². The van der Waals surface area contributed by atoms with Gasteiger partial charge in [0.2, 0.25) is 0 Å². The molecule has 1 aliphatic carbocycles. The van der Waals surface area contributed by atoms with Gasteiger partial charge in [-0.25, -0.2) is 0 Å². The maximum absolute atomic E-state index is 12.9. The summed E-state index contributed by atoms with van der Waals surface area (Å²) in [5.74, 6) is 1.49. The van der Waals surface area contributed by atoms with Gasteiger partial charge >= 0.3 is 0 Å². The van der Waals surface area contributed by atoms with Crippen molar-refractivity contribution in [3.8, 4) is 0 Å². The summed E-state index contributed by atoms with van der Waals surface area (Å²) < 4.78 is -0.130. The van der Waals surface area contributed by atoms with E-state index in [0.717, 1.165) is 24.2 Å². The molecule has 0 aromatic rings. The normalized spacial score (nSPS) is 19.8. The summed E-state index contributed by atoms with van der Waals surface area (Å²) in [6.45, 7) is 6.17. The van der Waals surface area contributed by atoms with Crippen LogP contribution < -0.4 is 0 Å². The monoisotopic (exact) mass is 280 g/mol. The number of carbonyl (C=O) groups is 1. The molecule has 0 amide bonds. The number of hydrogen-bond donors (Lipinski definition) is 0. The number of thioether (sulfide) groups is 1. The quantitative estimate of drug-likeness (QED) is 0.357. The highest BCUT2D eigenvalue weighted by atomic mass is 32.2. The van der Waals surface area contributed by atoms with Crippen molar-refractivity contribution in [1.29, 1.82) is 0 Å². The number of rotatable bonds is 7. The lowest BCUT2D eigenvalue weighted by Gasteiger charge is -2.35. The number of ketones is 1. The Bertz CT molecular complexity index is 335. The third kappa shape index (κ3) is 4.52. The fraction of sp³-hybridized carbons (Fsp3) is 0.706. The molecule has 108 valence electrons. The molecule has 0 aliphatic heterocycles. The minimum atomic E-state index is -0.130. The average Bonchev–Trinajstić information content (AvgIpc) is 2.45. The van der Waals surface area contributed by atoms with Crippen molar-refractivity contribution in [3.05, 3.63) is 23.8 Å². The van der Waals surface area contributed by atoms with E-state index < -0.39 is 0 Å². The van der Waals surface area contributed by atoms with Crippen LogP contribution in [0.25, 0.3) is 0 Å². The van der Waals surface area contributed by atoms with Gasteiger partial charge in [-0.1, -0.05) is 50.8 Å². The Hall–Kier alpha value is -0.500. The van der Waals surface area contributed by atoms with Gasteiger partial charge in [-0.05, 0) is 38.9 Å². The molecular weight excluding hydrogens is 252 g/mol. The van der Waals surface area contributed by atoms with E-state index in [1.807, 2.05) is 43.8 Å². The lowest BCUT2D eigenvalue weighted by molar-refractivity contribution is -0.118. The number of unbranched alkanes of at least 4 members (excludes halogenated alkanes) is 1. The first-order valence-corrected chi connectivity index (χ1v) is 8.66. The van der Waals surface area contributed by atoms with Crippen molar-refractivity contribution >= 4 is 17.5 Å². The third-order valence-electron chi connectivity index (χ3n) is 3.87. The first-order valence-electron chi connectivity index (χ1n) is 7.68. The Labute approximate surface area is 122 Å². The zero-order chi connectivity index (χ0) is 14.1. The van der Waals surface area contributed by atoms with Gasteiger partial charge in [-0.15, -0.1) is 11.8 Å². The minimum absolute atomic E-state index is 0.130. The minimum Gasteiger partial charge on any atom is -0.293 e. The van der Waals surface area contributed by atoms with Crippen molar-refractivity contribution in [2.24, 2.45) is 0 Å². The largest absolute Gasteiger partial charge is 0.293 e. The molecule has 1 nitrogen and oxygen atoms in total. The van der Waals surface area contributed by atoms with Crippen molar-refractivity contribution in [1.82, 2.24) is 0 Å². The molecule has 0 N–H and O–H groups in total. The molecule has 1 rings (SSSR count). The second-order valence-electron chi connectivity index (χ2n) is 5.33. The van der Waals surface area contributed by atoms with Crippen LogP contribution in [0.5, 0.6) is 0 Å². The summed E-state index contributed by atoms with van der Waals surface area (Å²) in [5.41, 5.74) is 0.897. The number of Topliss-reactive ketones (excluding diaryl/α,β-unsaturated/α-hetero) is 1. The van der Waals surface area contributed by atoms with Crippen LogP contribution in [0.4, 0.5) is 0 Å². The molecule has 0 atom stereocenters. The van der Waals surface area contributed by atoms with Crippen LogP contribution in [0.1, 0.15) is 65.7 Å². The highest BCUT2D eigenvalue weighted by Crippen LogP contribution is 2.42. The second-order valence-corrected chi connectivity index (χ2v) is 6.81. The standard InChI is InChI=1S/C17H28OS/c1-4-7-14-19-17(12-9-8-10-13-17)16(18)15(6-3)11-5-2/h5-6,11H,4,7-10,12-14H2,1-3H3/b11-5-,15-6+. The SMILES string of the molecule is C/C=C\C(=C/C)C(=O)C1(SCCCC)CCCCC1. The lowest BCUT2D eigenvalue weighted by Crippen LogP contribution is -2.38. The van der Waals surface area contributed by atoms with Crippen LogP contribution >= 0.6 is 11.8 Å². The van der Waals surface area contributed by atoms with Gasteiger partial charge in [0.25, 0.3) is 0 Å². The van der Waals surface area contributed by atoms with E-state index >= 15 is 0 Å². The maximum atomic E-state index is 12.9. The highest BCUT2D eigenvalue weighted by molar-refractivity contribution is 8.01. The van der Waals surface area contributed by atoms with Gasteiger partial charge in [0.15, 0.2) is 5.78 Å². The average molecular weight is 280 g/mol. The maximum Gasteiger partial charge on any atom is 0.178 e. The third-order valence-corrected chi connectivity index (χ3v) is 5.51. The Kier molecular flexibility index (Phi) is 7.52. The summed E-state index contributed by atoms with van der Waals surface area (Å²) in [6, 6.07) is 0. The zero-order valence-corrected chi connectivity index (χ0v) is 13.5. The van der Waals surface area contributed by atoms with Crippen molar-refractivity contribution in [2.45, 2.75) is 70.5 Å². The Morgan fingerprint density at radius 1 is 1.21 bits per heavy atom. The molecular formula is C17H28OS. The van der Waals surface area contributed by atoms with Gasteiger partial charge in [0.05, 0.1) is 4.75 Å². The lowest BCUT2D eigenvalue weighted by atomic mass is 9.82. The van der Waals surface area contributed by atoms with E-state index in [9.17, 15) is 4.79 Å². The van der Waals surface area contributed by atoms with E-state index in [1.54, 1.807) is 0 Å². The van der Waals surface area contributed by atoms with E-state index in [2.05, 4.69) is 6.92 Å². The van der Waals surface area contributed by atoms with Crippen molar-refractivity contribution in [3.63, 3.8) is 0 Å². The topological polar surface area (TPSA) is 17.1 Å². The summed E-state index contributed by atoms with van der Waals surface area (Å²) in [7, 11) is 0. The molecule has 1 fully saturated rings. The van der Waals surface area contributed by atoms with Crippen molar-refractivity contribution in [2.75, 3.05) is 5.75 Å². The predicted octanol–water partition coefficient (Wildman–Crippen LogP) is 5.31. The molecule has 0 aromatic heterocycles. The molecule has 19 heavy (non-hydrogen) atoms. The molecule has 2 heteroatoms. The molecule has 0 unspecified atom stereocenters. The number of carbonyl (C=O) groups excluding carboxylic acids is 1. The van der Waals surface area contributed by atoms with Crippen LogP contribution in [0.2, 0.25) is 0 Å². The molecule has 0 heterocycles. The molecule has 0 bridgehead atoms. The van der Waals surface area contributed by atoms with Gasteiger partial charge in [-0.3, -0.25) is 4.79 Å². The molecule has 1 aliphatic rings. The fourth-order valence-electron chi connectivity index (χ4n) is 2.72. The van der Waals surface area contributed by atoms with Crippen LogP contribution in [-0.2, 0) is 4.79 Å². The molecule has 0 saturated heterocycles. The summed E-state index contributed by atoms with van der Waals surface area (Å²) in [4.78, 5) is 12.9. The Morgan fingerprint density at radius 2 is 1.89 bits per heavy atom. The highest BCUT2D eigenvalue weighted by Gasteiger charge is 2.40. The van der Waals surface area contributed by atoms with Crippen LogP contribution in [0, 0.1) is 0 Å². The number of hydrogen-bond acceptors (Lipinski definition) is 2. The van der Waals surface area contributed by atoms with Crippen molar-refractivity contribution < 1.29 is 4.79 Å². The first-order chi connectivity index (χ1) is 9.20. The summed E-state index contributed by atoms with van der Waals surface area (Å²) >= 11 is 1.92. The second kappa shape index (κ2) is 8.63. The number of allylic oxidation sites excluding steroid dienone is 4. The molecule has 0 spiro atoms. The van der Waals surface area contributed by atoms with E-state index in [1.165, 1.54) is 32.1 Å². The Balaban J connectivity index is 2.85. The summed E-state index contributed by atoms with van der Waals surface area (Å²) in [6.07, 6.45) is 14.2. The van der Waals surface area contributed by atoms with Crippen LogP contribution in [-0.4, -0.2) is 16.3 Å². The zero-order valence-electron chi connectivity index (χ0n) is 12.7. The van der Waals surface area contributed by atoms with E-state index in [4.69, 9.17) is 0 Å². The predicted molar refractivity (Wildman–Crippen MR) is 86.8 cm³/mol. The smallest absolute Gasteiger partial charge is 0.178 e. The van der Waals surface area contributed by atoms with E-state index in [-0.39, 0.29) is 4.75 Å². The van der Waals surface area contributed by atoms with Gasteiger partial charge < -0.3 is 0 Å².